The molecule has 68 valence electrons. The number of allylic oxidation sites excluding steroid dienone is 4. The lowest BCUT2D eigenvalue weighted by atomic mass is 9.84. The second-order valence-electron chi connectivity index (χ2n) is 3.94. The van der Waals surface area contributed by atoms with Crippen molar-refractivity contribution in [3.63, 3.8) is 0 Å². The molecular weight excluding hydrogens is 144 g/mol. The van der Waals surface area contributed by atoms with Crippen molar-refractivity contribution >= 4 is 0 Å². The molecule has 0 fully saturated rings. The van der Waals surface area contributed by atoms with Crippen LogP contribution >= 0.6 is 0 Å². The maximum absolute atomic E-state index is 2.39. The summed E-state index contributed by atoms with van der Waals surface area (Å²) < 4.78 is 0. The first kappa shape index (κ1) is 9.57. The highest BCUT2D eigenvalue weighted by atomic mass is 14.2. The van der Waals surface area contributed by atoms with Crippen molar-refractivity contribution in [1.82, 2.24) is 0 Å². The lowest BCUT2D eigenvalue weighted by molar-refractivity contribution is 0.452. The Kier molecular flexibility index (Phi) is 3.58. The van der Waals surface area contributed by atoms with E-state index in [2.05, 4.69) is 39.0 Å². The summed E-state index contributed by atoms with van der Waals surface area (Å²) in [7, 11) is 0. The summed E-state index contributed by atoms with van der Waals surface area (Å²) in [6.07, 6.45) is 11.1. The molecule has 0 bridgehead atoms. The van der Waals surface area contributed by atoms with Crippen LogP contribution in [0.4, 0.5) is 0 Å². The third-order valence-electron chi connectivity index (χ3n) is 2.70. The highest BCUT2D eigenvalue weighted by Gasteiger charge is 2.14. The molecule has 0 nitrogen and oxygen atoms in total. The summed E-state index contributed by atoms with van der Waals surface area (Å²) in [5, 5.41) is 0. The van der Waals surface area contributed by atoms with Crippen molar-refractivity contribution in [2.24, 2.45) is 11.8 Å². The van der Waals surface area contributed by atoms with Gasteiger partial charge in [0.1, 0.15) is 0 Å². The zero-order valence-corrected chi connectivity index (χ0v) is 8.51. The van der Waals surface area contributed by atoms with Crippen LogP contribution in [0.2, 0.25) is 0 Å². The van der Waals surface area contributed by atoms with E-state index < -0.39 is 0 Å². The van der Waals surface area contributed by atoms with Crippen molar-refractivity contribution < 1.29 is 0 Å². The Morgan fingerprint density at radius 3 is 2.75 bits per heavy atom. The largest absolute Gasteiger partial charge is 0.0806 e. The molecule has 1 aliphatic carbocycles. The van der Waals surface area contributed by atoms with Gasteiger partial charge < -0.3 is 0 Å². The highest BCUT2D eigenvalue weighted by molar-refractivity contribution is 5.22. The van der Waals surface area contributed by atoms with E-state index in [0.717, 1.165) is 11.8 Å². The lowest BCUT2D eigenvalue weighted by Gasteiger charge is -2.21. The van der Waals surface area contributed by atoms with E-state index in [1.165, 1.54) is 24.8 Å². The predicted octanol–water partition coefficient (Wildman–Crippen LogP) is 3.95. The Balaban J connectivity index is 2.43. The fraction of sp³-hybridized carbons (Fsp3) is 0.667. The van der Waals surface area contributed by atoms with Gasteiger partial charge in [-0.2, -0.15) is 0 Å². The summed E-state index contributed by atoms with van der Waals surface area (Å²) in [6.45, 7) is 6.77. The molecule has 0 aromatic heterocycles. The topological polar surface area (TPSA) is 0 Å². The van der Waals surface area contributed by atoms with E-state index in [0.29, 0.717) is 0 Å². The summed E-state index contributed by atoms with van der Waals surface area (Å²) >= 11 is 0. The molecular formula is C12H20. The van der Waals surface area contributed by atoms with Crippen LogP contribution in [-0.4, -0.2) is 0 Å². The summed E-state index contributed by atoms with van der Waals surface area (Å²) in [5.41, 5.74) is 1.43. The van der Waals surface area contributed by atoms with Crippen molar-refractivity contribution in [3.05, 3.63) is 23.8 Å². The van der Waals surface area contributed by atoms with E-state index in [-0.39, 0.29) is 0 Å². The van der Waals surface area contributed by atoms with Crippen LogP contribution in [0.25, 0.3) is 0 Å². The minimum absolute atomic E-state index is 0.751. The second-order valence-corrected chi connectivity index (χ2v) is 3.94. The lowest BCUT2D eigenvalue weighted by Crippen LogP contribution is -2.10. The molecule has 0 saturated heterocycles. The molecule has 1 rings (SSSR count). The van der Waals surface area contributed by atoms with Gasteiger partial charge >= 0.3 is 0 Å². The van der Waals surface area contributed by atoms with Crippen LogP contribution in [-0.2, 0) is 0 Å². The fourth-order valence-electron chi connectivity index (χ4n) is 1.84. The monoisotopic (exact) mass is 164 g/mol. The third-order valence-corrected chi connectivity index (χ3v) is 2.70. The van der Waals surface area contributed by atoms with Gasteiger partial charge in [0.25, 0.3) is 0 Å². The molecule has 12 heavy (non-hydrogen) atoms. The van der Waals surface area contributed by atoms with Crippen molar-refractivity contribution in [2.75, 3.05) is 0 Å². The normalized spacial score (nSPS) is 28.8. The van der Waals surface area contributed by atoms with Gasteiger partial charge in [-0.1, -0.05) is 50.5 Å². The zero-order valence-electron chi connectivity index (χ0n) is 8.51. The molecule has 0 aromatic carbocycles. The average Bonchev–Trinajstić information content (AvgIpc) is 2.03. The molecule has 2 unspecified atom stereocenters. The van der Waals surface area contributed by atoms with Crippen LogP contribution in [0.5, 0.6) is 0 Å². The first-order valence-electron chi connectivity index (χ1n) is 5.10. The first-order valence-corrected chi connectivity index (χ1v) is 5.10. The van der Waals surface area contributed by atoms with Crippen molar-refractivity contribution in [3.8, 4) is 0 Å². The van der Waals surface area contributed by atoms with Gasteiger partial charge in [-0.3, -0.25) is 0 Å². The van der Waals surface area contributed by atoms with E-state index >= 15 is 0 Å². The number of hydrogen-bond acceptors (Lipinski definition) is 0. The maximum Gasteiger partial charge on any atom is -0.0170 e. The van der Waals surface area contributed by atoms with Gasteiger partial charge in [-0.05, 0) is 25.2 Å². The number of hydrogen-bond donors (Lipinski definition) is 0. The van der Waals surface area contributed by atoms with Crippen LogP contribution in [0.15, 0.2) is 23.8 Å². The Hall–Kier alpha value is -0.520. The Morgan fingerprint density at radius 1 is 1.42 bits per heavy atom. The number of rotatable bonds is 3. The standard InChI is InChI=1S/C12H20/c1-4-5-6-12-8-7-10(2)9-11(12)3/h7-9,11-12H,4-6H2,1-3H3. The van der Waals surface area contributed by atoms with Crippen LogP contribution in [0.3, 0.4) is 0 Å². The van der Waals surface area contributed by atoms with Gasteiger partial charge in [0.2, 0.25) is 0 Å². The smallest absolute Gasteiger partial charge is 0.0170 e. The second kappa shape index (κ2) is 4.49. The Morgan fingerprint density at radius 2 is 2.17 bits per heavy atom. The molecule has 0 amide bonds. The molecule has 0 saturated carbocycles. The highest BCUT2D eigenvalue weighted by Crippen LogP contribution is 2.26. The van der Waals surface area contributed by atoms with E-state index in [1.807, 2.05) is 0 Å². The van der Waals surface area contributed by atoms with Gasteiger partial charge in [0, 0.05) is 0 Å². The van der Waals surface area contributed by atoms with E-state index in [1.54, 1.807) is 0 Å². The summed E-state index contributed by atoms with van der Waals surface area (Å²) in [5.74, 6) is 1.55. The first-order chi connectivity index (χ1) is 5.74. The zero-order chi connectivity index (χ0) is 8.97. The number of unbranched alkanes of at least 4 members (excludes halogenated alkanes) is 1. The quantitative estimate of drug-likeness (QED) is 0.592. The minimum atomic E-state index is 0.751. The SMILES string of the molecule is CCCCC1C=CC(C)=CC1C. The molecule has 0 aliphatic heterocycles. The van der Waals surface area contributed by atoms with Crippen LogP contribution < -0.4 is 0 Å². The predicted molar refractivity (Wildman–Crippen MR) is 55.1 cm³/mol. The van der Waals surface area contributed by atoms with Gasteiger partial charge in [-0.15, -0.1) is 0 Å². The van der Waals surface area contributed by atoms with E-state index in [9.17, 15) is 0 Å². The Labute approximate surface area is 76.4 Å². The molecule has 1 aliphatic rings. The molecule has 0 heteroatoms. The third kappa shape index (κ3) is 2.51. The molecule has 0 N–H and O–H groups in total. The van der Waals surface area contributed by atoms with E-state index in [4.69, 9.17) is 0 Å². The summed E-state index contributed by atoms with van der Waals surface area (Å²) in [4.78, 5) is 0. The van der Waals surface area contributed by atoms with Gasteiger partial charge in [0.15, 0.2) is 0 Å². The van der Waals surface area contributed by atoms with Gasteiger partial charge in [-0.25, -0.2) is 0 Å². The van der Waals surface area contributed by atoms with Gasteiger partial charge in [0.05, 0.1) is 0 Å². The van der Waals surface area contributed by atoms with Crippen molar-refractivity contribution in [1.29, 1.82) is 0 Å². The molecule has 0 heterocycles. The van der Waals surface area contributed by atoms with Crippen LogP contribution in [0, 0.1) is 11.8 Å². The molecule has 0 aromatic rings. The van der Waals surface area contributed by atoms with Crippen LogP contribution in [0.1, 0.15) is 40.0 Å². The van der Waals surface area contributed by atoms with Crippen molar-refractivity contribution in [2.45, 2.75) is 40.0 Å². The fourth-order valence-corrected chi connectivity index (χ4v) is 1.84. The molecule has 0 spiro atoms. The maximum atomic E-state index is 2.39. The minimum Gasteiger partial charge on any atom is -0.0806 e. The summed E-state index contributed by atoms with van der Waals surface area (Å²) in [6, 6.07) is 0. The average molecular weight is 164 g/mol. The molecule has 0 radical (unpaired) electrons. The Bertz CT molecular complexity index is 186. The molecule has 2 atom stereocenters.